The Morgan fingerprint density at radius 1 is 1.00 bits per heavy atom. The second-order valence-corrected chi connectivity index (χ2v) is 7.53. The smallest absolute Gasteiger partial charge is 0.175 e. The summed E-state index contributed by atoms with van der Waals surface area (Å²) in [6.45, 7) is 0. The van der Waals surface area contributed by atoms with Crippen molar-refractivity contribution in [1.29, 1.82) is 0 Å². The van der Waals surface area contributed by atoms with Gasteiger partial charge in [-0.3, -0.25) is 0 Å². The Labute approximate surface area is 132 Å². The average Bonchev–Trinajstić information content (AvgIpc) is 2.41. The van der Waals surface area contributed by atoms with Crippen LogP contribution in [0.3, 0.4) is 0 Å². The number of hydrogen-bond donors (Lipinski definition) is 0. The lowest BCUT2D eigenvalue weighted by molar-refractivity contribution is 0.604. The van der Waals surface area contributed by atoms with Gasteiger partial charge in [0.05, 0.1) is 5.75 Å². The largest absolute Gasteiger partial charge is 0.224 e. The quantitative estimate of drug-likeness (QED) is 0.781. The minimum Gasteiger partial charge on any atom is -0.224 e. The van der Waals surface area contributed by atoms with E-state index in [4.69, 9.17) is 11.6 Å². The van der Waals surface area contributed by atoms with Crippen LogP contribution < -0.4 is 0 Å². The van der Waals surface area contributed by atoms with Crippen LogP contribution in [0.2, 0.25) is 5.02 Å². The van der Waals surface area contributed by atoms with Crippen LogP contribution in [-0.2, 0) is 15.6 Å². The molecule has 0 unspecified atom stereocenters. The number of benzene rings is 2. The van der Waals surface area contributed by atoms with Crippen LogP contribution in [0.1, 0.15) is 11.1 Å². The lowest BCUT2D eigenvalue weighted by atomic mass is 10.2. The van der Waals surface area contributed by atoms with Crippen molar-refractivity contribution in [1.82, 2.24) is 0 Å². The van der Waals surface area contributed by atoms with E-state index in [-0.39, 0.29) is 5.75 Å². The van der Waals surface area contributed by atoms with E-state index in [1.165, 1.54) is 5.41 Å². The van der Waals surface area contributed by atoms with Crippen molar-refractivity contribution >= 4 is 43.4 Å². The summed E-state index contributed by atoms with van der Waals surface area (Å²) in [5, 5.41) is 1.83. The van der Waals surface area contributed by atoms with Crippen LogP contribution in [0.4, 0.5) is 0 Å². The number of rotatable bonds is 4. The zero-order valence-corrected chi connectivity index (χ0v) is 13.6. The van der Waals surface area contributed by atoms with Gasteiger partial charge < -0.3 is 0 Å². The fourth-order valence-electron chi connectivity index (χ4n) is 1.62. The van der Waals surface area contributed by atoms with Crippen LogP contribution in [0.15, 0.2) is 58.4 Å². The molecule has 0 atom stereocenters. The molecule has 0 amide bonds. The summed E-state index contributed by atoms with van der Waals surface area (Å²) in [6.07, 6.45) is 1.59. The Kier molecular flexibility index (Phi) is 5.02. The minimum atomic E-state index is -3.29. The molecule has 0 heterocycles. The van der Waals surface area contributed by atoms with Gasteiger partial charge in [-0.2, -0.15) is 0 Å². The molecular formula is C15H12BrClO2S. The van der Waals surface area contributed by atoms with E-state index in [0.717, 1.165) is 15.6 Å². The van der Waals surface area contributed by atoms with E-state index in [9.17, 15) is 8.42 Å². The monoisotopic (exact) mass is 370 g/mol. The molecular weight excluding hydrogens is 360 g/mol. The zero-order valence-electron chi connectivity index (χ0n) is 10.5. The van der Waals surface area contributed by atoms with Crippen LogP contribution >= 0.6 is 27.5 Å². The van der Waals surface area contributed by atoms with Gasteiger partial charge >= 0.3 is 0 Å². The SMILES string of the molecule is O=S(=O)(/C=C/c1ccc(Br)cc1)Cc1ccc(Cl)cc1. The van der Waals surface area contributed by atoms with Gasteiger partial charge in [0.25, 0.3) is 0 Å². The van der Waals surface area contributed by atoms with E-state index in [1.807, 2.05) is 24.3 Å². The maximum Gasteiger partial charge on any atom is 0.175 e. The van der Waals surface area contributed by atoms with Crippen LogP contribution in [0, 0.1) is 0 Å². The lowest BCUT2D eigenvalue weighted by Crippen LogP contribution is -1.99. The maximum absolute atomic E-state index is 12.0. The second-order valence-electron chi connectivity index (χ2n) is 4.29. The average molecular weight is 372 g/mol. The van der Waals surface area contributed by atoms with E-state index in [1.54, 1.807) is 30.3 Å². The molecule has 0 radical (unpaired) electrons. The molecule has 0 aliphatic carbocycles. The predicted octanol–water partition coefficient (Wildman–Crippen LogP) is 4.69. The Morgan fingerprint density at radius 2 is 1.60 bits per heavy atom. The lowest BCUT2D eigenvalue weighted by Gasteiger charge is -2.00. The zero-order chi connectivity index (χ0) is 14.6. The summed E-state index contributed by atoms with van der Waals surface area (Å²) < 4.78 is 24.9. The van der Waals surface area contributed by atoms with Gasteiger partial charge in [0.15, 0.2) is 9.84 Å². The van der Waals surface area contributed by atoms with Crippen molar-refractivity contribution in [2.45, 2.75) is 5.75 Å². The molecule has 0 spiro atoms. The third-order valence-corrected chi connectivity index (χ3v) is 4.69. The first-order chi connectivity index (χ1) is 9.44. The third-order valence-electron chi connectivity index (χ3n) is 2.62. The second kappa shape index (κ2) is 6.57. The Bertz CT molecular complexity index is 705. The van der Waals surface area contributed by atoms with Crippen molar-refractivity contribution < 1.29 is 8.42 Å². The normalized spacial score (nSPS) is 11.9. The van der Waals surface area contributed by atoms with Gasteiger partial charge in [-0.1, -0.05) is 51.8 Å². The minimum absolute atomic E-state index is 0.0306. The Balaban J connectivity index is 2.11. The fraction of sp³-hybridized carbons (Fsp3) is 0.0667. The summed E-state index contributed by atoms with van der Waals surface area (Å²) >= 11 is 9.10. The van der Waals surface area contributed by atoms with Crippen molar-refractivity contribution in [2.75, 3.05) is 0 Å². The van der Waals surface area contributed by atoms with Gasteiger partial charge in [-0.05, 0) is 41.5 Å². The molecule has 104 valence electrons. The van der Waals surface area contributed by atoms with Gasteiger partial charge in [0, 0.05) is 14.9 Å². The van der Waals surface area contributed by atoms with Crippen molar-refractivity contribution in [2.24, 2.45) is 0 Å². The fourth-order valence-corrected chi connectivity index (χ4v) is 3.13. The van der Waals surface area contributed by atoms with Crippen LogP contribution in [0.25, 0.3) is 6.08 Å². The highest BCUT2D eigenvalue weighted by Gasteiger charge is 2.07. The standard InChI is InChI=1S/C15H12BrClO2S/c16-14-5-1-12(2-6-14)9-10-20(18,19)11-13-3-7-15(17)8-4-13/h1-10H,11H2/b10-9+. The molecule has 0 saturated heterocycles. The summed E-state index contributed by atoms with van der Waals surface area (Å²) in [5.74, 6) is -0.0306. The molecule has 2 nitrogen and oxygen atoms in total. The van der Waals surface area contributed by atoms with E-state index >= 15 is 0 Å². The van der Waals surface area contributed by atoms with Crippen LogP contribution in [0.5, 0.6) is 0 Å². The van der Waals surface area contributed by atoms with E-state index < -0.39 is 9.84 Å². The highest BCUT2D eigenvalue weighted by Crippen LogP contribution is 2.15. The first-order valence-electron chi connectivity index (χ1n) is 5.85. The number of halogens is 2. The summed E-state index contributed by atoms with van der Waals surface area (Å²) in [5.41, 5.74) is 1.56. The van der Waals surface area contributed by atoms with Gasteiger partial charge in [-0.15, -0.1) is 0 Å². The Hall–Kier alpha value is -1.10. The van der Waals surface area contributed by atoms with Crippen molar-refractivity contribution in [3.8, 4) is 0 Å². The first kappa shape index (κ1) is 15.3. The van der Waals surface area contributed by atoms with Crippen LogP contribution in [-0.4, -0.2) is 8.42 Å². The third kappa shape index (κ3) is 4.78. The Morgan fingerprint density at radius 3 is 2.20 bits per heavy atom. The highest BCUT2D eigenvalue weighted by molar-refractivity contribution is 9.10. The maximum atomic E-state index is 12.0. The molecule has 20 heavy (non-hydrogen) atoms. The summed E-state index contributed by atoms with van der Waals surface area (Å²) in [4.78, 5) is 0. The van der Waals surface area contributed by atoms with Crippen molar-refractivity contribution in [3.05, 3.63) is 74.6 Å². The molecule has 0 N–H and O–H groups in total. The van der Waals surface area contributed by atoms with Gasteiger partial charge in [-0.25, -0.2) is 8.42 Å². The molecule has 0 saturated carbocycles. The number of hydrogen-bond acceptors (Lipinski definition) is 2. The molecule has 0 aromatic heterocycles. The predicted molar refractivity (Wildman–Crippen MR) is 87.3 cm³/mol. The first-order valence-corrected chi connectivity index (χ1v) is 8.74. The van der Waals surface area contributed by atoms with E-state index in [0.29, 0.717) is 5.02 Å². The molecule has 2 rings (SSSR count). The van der Waals surface area contributed by atoms with E-state index in [2.05, 4.69) is 15.9 Å². The molecule has 5 heteroatoms. The molecule has 0 aliphatic heterocycles. The molecule has 2 aromatic carbocycles. The molecule has 2 aromatic rings. The van der Waals surface area contributed by atoms with Crippen molar-refractivity contribution in [3.63, 3.8) is 0 Å². The highest BCUT2D eigenvalue weighted by atomic mass is 79.9. The van der Waals surface area contributed by atoms with Gasteiger partial charge in [0.2, 0.25) is 0 Å². The summed E-state index contributed by atoms with van der Waals surface area (Å²) in [6, 6.07) is 14.2. The topological polar surface area (TPSA) is 34.1 Å². The molecule has 0 aliphatic rings. The molecule has 0 fully saturated rings. The summed E-state index contributed by atoms with van der Waals surface area (Å²) in [7, 11) is -3.29. The number of sulfone groups is 1. The molecule has 0 bridgehead atoms. The van der Waals surface area contributed by atoms with Gasteiger partial charge in [0.1, 0.15) is 0 Å².